The van der Waals surface area contributed by atoms with Crippen LogP contribution in [0.2, 0.25) is 0 Å². The second-order valence-electron chi connectivity index (χ2n) is 3.30. The van der Waals surface area contributed by atoms with E-state index < -0.39 is 10.1 Å². The summed E-state index contributed by atoms with van der Waals surface area (Å²) in [5, 5.41) is 19.3. The molecule has 84 valence electrons. The van der Waals surface area contributed by atoms with Crippen LogP contribution in [-0.2, 0) is 10.1 Å². The molecule has 0 amide bonds. The van der Waals surface area contributed by atoms with Crippen LogP contribution in [0.3, 0.4) is 0 Å². The zero-order chi connectivity index (χ0) is 11.9. The monoisotopic (exact) mass is 262 g/mol. The van der Waals surface area contributed by atoms with E-state index in [4.69, 9.17) is 0 Å². The minimum atomic E-state index is -4.51. The summed E-state index contributed by atoms with van der Waals surface area (Å²) < 4.78 is 32.3. The standard InChI is InChI=1S/C10H8O5S.Na/c11-9-4-6-1-2-8(16(13,14)15)3-7(6)5-10(9)12;/h1-5,11-12H,(H,13,14,15);/q;+1/p-1. The molecule has 0 saturated carbocycles. The molecule has 0 fully saturated rings. The molecule has 7 heteroatoms. The summed E-state index contributed by atoms with van der Waals surface area (Å²) in [7, 11) is -4.51. The van der Waals surface area contributed by atoms with Crippen molar-refractivity contribution in [2.45, 2.75) is 4.90 Å². The molecule has 0 heterocycles. The van der Waals surface area contributed by atoms with Gasteiger partial charge in [-0.1, -0.05) is 6.07 Å². The molecule has 5 nitrogen and oxygen atoms in total. The van der Waals surface area contributed by atoms with Crippen molar-refractivity contribution in [2.24, 2.45) is 0 Å². The van der Waals surface area contributed by atoms with E-state index in [9.17, 15) is 23.2 Å². The van der Waals surface area contributed by atoms with E-state index in [1.807, 2.05) is 0 Å². The molecule has 0 spiro atoms. The van der Waals surface area contributed by atoms with Crippen LogP contribution >= 0.6 is 0 Å². The quantitative estimate of drug-likeness (QED) is 0.357. The van der Waals surface area contributed by atoms with E-state index in [1.54, 1.807) is 0 Å². The fraction of sp³-hybridized carbons (Fsp3) is 0. The first-order valence-corrected chi connectivity index (χ1v) is 5.70. The Balaban J connectivity index is 0.00000144. The van der Waals surface area contributed by atoms with Crippen LogP contribution in [0.15, 0.2) is 35.2 Å². The molecule has 2 rings (SSSR count). The Hall–Kier alpha value is -0.790. The number of rotatable bonds is 1. The maximum absolute atomic E-state index is 10.8. The molecule has 2 N–H and O–H groups in total. The van der Waals surface area contributed by atoms with Gasteiger partial charge in [-0.3, -0.25) is 0 Å². The Morgan fingerprint density at radius 1 is 0.941 bits per heavy atom. The van der Waals surface area contributed by atoms with Gasteiger partial charge in [0.05, 0.1) is 4.90 Å². The van der Waals surface area contributed by atoms with Gasteiger partial charge >= 0.3 is 29.6 Å². The molecule has 0 aromatic heterocycles. The Kier molecular flexibility index (Phi) is 4.06. The van der Waals surface area contributed by atoms with Crippen molar-refractivity contribution >= 4 is 20.9 Å². The first-order chi connectivity index (χ1) is 7.38. The maximum Gasteiger partial charge on any atom is 1.00 e. The largest absolute Gasteiger partial charge is 1.00 e. The van der Waals surface area contributed by atoms with Crippen LogP contribution in [0.25, 0.3) is 10.8 Å². The molecule has 2 aromatic rings. The Labute approximate surface area is 120 Å². The van der Waals surface area contributed by atoms with Crippen LogP contribution in [0.5, 0.6) is 11.5 Å². The van der Waals surface area contributed by atoms with Gasteiger partial charge < -0.3 is 14.8 Å². The Bertz CT molecular complexity index is 666. The van der Waals surface area contributed by atoms with Crippen LogP contribution in [0.1, 0.15) is 0 Å². The van der Waals surface area contributed by atoms with Gasteiger partial charge in [0.1, 0.15) is 10.1 Å². The fourth-order valence-electron chi connectivity index (χ4n) is 1.41. The summed E-state index contributed by atoms with van der Waals surface area (Å²) in [6, 6.07) is 6.17. The number of phenols is 2. The van der Waals surface area contributed by atoms with E-state index in [0.717, 1.165) is 12.1 Å². The van der Waals surface area contributed by atoms with Crippen LogP contribution in [0, 0.1) is 0 Å². The molecular weight excluding hydrogens is 255 g/mol. The van der Waals surface area contributed by atoms with E-state index >= 15 is 0 Å². The van der Waals surface area contributed by atoms with E-state index in [0.29, 0.717) is 10.8 Å². The van der Waals surface area contributed by atoms with Gasteiger partial charge in [0.15, 0.2) is 11.5 Å². The predicted molar refractivity (Wildman–Crippen MR) is 55.2 cm³/mol. The molecule has 0 saturated heterocycles. The van der Waals surface area contributed by atoms with Gasteiger partial charge in [-0.2, -0.15) is 0 Å². The smallest absolute Gasteiger partial charge is 0.744 e. The summed E-state index contributed by atoms with van der Waals surface area (Å²) in [4.78, 5) is -0.370. The van der Waals surface area contributed by atoms with Gasteiger partial charge in [0, 0.05) is 0 Å². The summed E-state index contributed by atoms with van der Waals surface area (Å²) in [6.45, 7) is 0. The SMILES string of the molecule is O=S(=O)([O-])c1ccc2cc(O)c(O)cc2c1.[Na+]. The van der Waals surface area contributed by atoms with Crippen molar-refractivity contribution in [3.8, 4) is 11.5 Å². The van der Waals surface area contributed by atoms with E-state index in [-0.39, 0.29) is 46.0 Å². The molecule has 0 aliphatic heterocycles. The molecule has 0 atom stereocenters. The van der Waals surface area contributed by atoms with Gasteiger partial charge in [-0.15, -0.1) is 0 Å². The number of hydrogen-bond acceptors (Lipinski definition) is 5. The van der Waals surface area contributed by atoms with Crippen molar-refractivity contribution < 1.29 is 52.7 Å². The average molecular weight is 262 g/mol. The molecule has 0 bridgehead atoms. The first-order valence-electron chi connectivity index (χ1n) is 4.29. The molecule has 0 radical (unpaired) electrons. The van der Waals surface area contributed by atoms with Gasteiger partial charge in [-0.25, -0.2) is 8.42 Å². The number of hydrogen-bond donors (Lipinski definition) is 2. The summed E-state index contributed by atoms with van der Waals surface area (Å²) in [6.07, 6.45) is 0. The Morgan fingerprint density at radius 2 is 1.47 bits per heavy atom. The fourth-order valence-corrected chi connectivity index (χ4v) is 1.91. The number of aromatic hydroxyl groups is 2. The molecule has 0 aliphatic rings. The van der Waals surface area contributed by atoms with E-state index in [2.05, 4.69) is 0 Å². The van der Waals surface area contributed by atoms with Crippen molar-refractivity contribution in [3.05, 3.63) is 30.3 Å². The van der Waals surface area contributed by atoms with E-state index in [1.165, 1.54) is 18.2 Å². The van der Waals surface area contributed by atoms with Gasteiger partial charge in [0.2, 0.25) is 0 Å². The third-order valence-electron chi connectivity index (χ3n) is 2.19. The summed E-state index contributed by atoms with van der Waals surface area (Å²) in [5.74, 6) is -0.668. The predicted octanol–water partition coefficient (Wildman–Crippen LogP) is -1.84. The minimum absolute atomic E-state index is 0. The minimum Gasteiger partial charge on any atom is -0.744 e. The first kappa shape index (κ1) is 14.3. The van der Waals surface area contributed by atoms with Crippen molar-refractivity contribution in [3.63, 3.8) is 0 Å². The van der Waals surface area contributed by atoms with Gasteiger partial charge in [0.25, 0.3) is 0 Å². The number of fused-ring (bicyclic) bond motifs is 1. The second kappa shape index (κ2) is 4.83. The van der Waals surface area contributed by atoms with Gasteiger partial charge in [-0.05, 0) is 35.0 Å². The maximum atomic E-state index is 10.8. The Morgan fingerprint density at radius 3 is 2.00 bits per heavy atom. The summed E-state index contributed by atoms with van der Waals surface area (Å²) >= 11 is 0. The third-order valence-corrected chi connectivity index (χ3v) is 3.03. The molecule has 0 unspecified atom stereocenters. The van der Waals surface area contributed by atoms with Crippen molar-refractivity contribution in [1.82, 2.24) is 0 Å². The van der Waals surface area contributed by atoms with Crippen LogP contribution < -0.4 is 29.6 Å². The third kappa shape index (κ3) is 2.91. The molecule has 2 aromatic carbocycles. The molecule has 17 heavy (non-hydrogen) atoms. The zero-order valence-corrected chi connectivity index (χ0v) is 11.7. The topological polar surface area (TPSA) is 97.7 Å². The normalized spacial score (nSPS) is 11.1. The number of phenolic OH excluding ortho intramolecular Hbond substituents is 2. The van der Waals surface area contributed by atoms with Crippen LogP contribution in [-0.4, -0.2) is 23.2 Å². The van der Waals surface area contributed by atoms with Crippen molar-refractivity contribution in [2.75, 3.05) is 0 Å². The van der Waals surface area contributed by atoms with Crippen molar-refractivity contribution in [1.29, 1.82) is 0 Å². The zero-order valence-electron chi connectivity index (χ0n) is 8.91. The average Bonchev–Trinajstić information content (AvgIpc) is 2.17. The number of benzene rings is 2. The molecular formula is C10H7NaO5S. The second-order valence-corrected chi connectivity index (χ2v) is 4.68. The molecule has 0 aliphatic carbocycles. The summed E-state index contributed by atoms with van der Waals surface area (Å²) in [5.41, 5.74) is 0. The van der Waals surface area contributed by atoms with Crippen LogP contribution in [0.4, 0.5) is 0 Å².